The monoisotopic (exact) mass is 444 g/mol. The maximum atomic E-state index is 11.7. The van der Waals surface area contributed by atoms with Gasteiger partial charge in [-0.05, 0) is 4.92 Å². The number of hydrogen-bond donors (Lipinski definition) is 0. The number of nitrogens with zero attached hydrogens (tertiary/aromatic N) is 4. The molecule has 1 aromatic heterocycles. The van der Waals surface area contributed by atoms with Crippen molar-refractivity contribution in [2.75, 3.05) is 6.61 Å². The van der Waals surface area contributed by atoms with Crippen molar-refractivity contribution < 1.29 is 47.8 Å². The van der Waals surface area contributed by atoms with Crippen LogP contribution in [0.3, 0.4) is 0 Å². The lowest BCUT2D eigenvalue weighted by atomic mass is 9.97. The average molecular weight is 444 g/mol. The first-order chi connectivity index (χ1) is 14.5. The maximum absolute atomic E-state index is 11.7. The first-order valence-corrected chi connectivity index (χ1v) is 8.85. The third-order valence-corrected chi connectivity index (χ3v) is 3.92. The van der Waals surface area contributed by atoms with Crippen LogP contribution in [0, 0.1) is 10.1 Å². The predicted molar refractivity (Wildman–Crippen MR) is 93.9 cm³/mol. The van der Waals surface area contributed by atoms with Crippen LogP contribution in [0.15, 0.2) is 6.33 Å². The molecule has 1 fully saturated rings. The predicted octanol–water partition coefficient (Wildman–Crippen LogP) is -0.558. The molecule has 1 aromatic rings. The van der Waals surface area contributed by atoms with Gasteiger partial charge in [-0.3, -0.25) is 19.2 Å². The van der Waals surface area contributed by atoms with Crippen molar-refractivity contribution in [3.63, 3.8) is 0 Å². The Hall–Kier alpha value is -3.62. The molecule has 2 heterocycles. The smallest absolute Gasteiger partial charge is 0.458 e. The Labute approximate surface area is 174 Å². The molecular weight excluding hydrogens is 424 g/mol. The fourth-order valence-electron chi connectivity index (χ4n) is 2.96. The fourth-order valence-corrected chi connectivity index (χ4v) is 2.96. The first-order valence-electron chi connectivity index (χ1n) is 8.85. The molecule has 0 radical (unpaired) electrons. The summed E-state index contributed by atoms with van der Waals surface area (Å²) in [5.74, 6) is -3.94. The van der Waals surface area contributed by atoms with E-state index in [-0.39, 0.29) is 0 Å². The first kappa shape index (κ1) is 23.7. The zero-order chi connectivity index (χ0) is 23.3. The number of hydrogen-bond acceptors (Lipinski definition) is 13. The third-order valence-electron chi connectivity index (χ3n) is 3.92. The quantitative estimate of drug-likeness (QED) is 0.225. The van der Waals surface area contributed by atoms with Crippen LogP contribution in [-0.4, -0.2) is 74.6 Å². The van der Waals surface area contributed by atoms with Gasteiger partial charge >= 0.3 is 29.8 Å². The molecule has 0 saturated carbocycles. The highest BCUT2D eigenvalue weighted by atomic mass is 16.7. The van der Waals surface area contributed by atoms with Gasteiger partial charge in [-0.25, -0.2) is 0 Å². The highest BCUT2D eigenvalue weighted by Gasteiger charge is 2.55. The Morgan fingerprint density at radius 3 is 2.06 bits per heavy atom. The zero-order valence-electron chi connectivity index (χ0n) is 17.0. The van der Waals surface area contributed by atoms with Gasteiger partial charge in [0.05, 0.1) is 0 Å². The Morgan fingerprint density at radius 2 is 1.55 bits per heavy atom. The summed E-state index contributed by atoms with van der Waals surface area (Å²) in [5, 5.41) is 15.1. The van der Waals surface area contributed by atoms with Crippen molar-refractivity contribution in [3.05, 3.63) is 16.4 Å². The van der Waals surface area contributed by atoms with Crippen LogP contribution in [0.25, 0.3) is 0 Å². The van der Waals surface area contributed by atoms with Gasteiger partial charge in [0.15, 0.2) is 12.2 Å². The van der Waals surface area contributed by atoms with E-state index in [2.05, 4.69) is 10.1 Å². The standard InChI is InChI=1S/C16H20N4O11/c1-7(21)27-5-11-12(28-8(2)22)13(29-9(3)23)14(30-10(4)24)15(31-11)19-16(20(25)26)17-6-18-19/h6,11-15H,5H2,1-4H3/t11-,12-,13+,14-,15-/m1/s1. The summed E-state index contributed by atoms with van der Waals surface area (Å²) in [6.07, 6.45) is -6.33. The summed E-state index contributed by atoms with van der Waals surface area (Å²) in [5.41, 5.74) is 0. The van der Waals surface area contributed by atoms with Gasteiger partial charge in [0.1, 0.15) is 12.7 Å². The number of ether oxygens (including phenoxy) is 5. The van der Waals surface area contributed by atoms with Crippen LogP contribution in [-0.2, 0) is 42.9 Å². The second-order valence-corrected chi connectivity index (χ2v) is 6.35. The molecule has 0 aromatic carbocycles. The van der Waals surface area contributed by atoms with E-state index < -0.39 is 72.0 Å². The third kappa shape index (κ3) is 5.94. The molecule has 0 amide bonds. The van der Waals surface area contributed by atoms with Crippen LogP contribution in [0.2, 0.25) is 0 Å². The van der Waals surface area contributed by atoms with E-state index in [1.54, 1.807) is 0 Å². The van der Waals surface area contributed by atoms with Crippen LogP contribution < -0.4 is 0 Å². The van der Waals surface area contributed by atoms with Crippen molar-refractivity contribution in [1.29, 1.82) is 0 Å². The lowest BCUT2D eigenvalue weighted by Crippen LogP contribution is -2.60. The summed E-state index contributed by atoms with van der Waals surface area (Å²) < 4.78 is 27.0. The van der Waals surface area contributed by atoms with Gasteiger partial charge in [-0.1, -0.05) is 10.1 Å². The fraction of sp³-hybridized carbons (Fsp3) is 0.625. The normalized spacial score (nSPS) is 25.2. The second-order valence-electron chi connectivity index (χ2n) is 6.35. The molecule has 1 aliphatic heterocycles. The van der Waals surface area contributed by atoms with Crippen LogP contribution >= 0.6 is 0 Å². The van der Waals surface area contributed by atoms with Crippen molar-refractivity contribution in [2.45, 2.75) is 58.3 Å². The Kier molecular flexibility index (Phi) is 7.57. The molecule has 15 nitrogen and oxygen atoms in total. The lowest BCUT2D eigenvalue weighted by Gasteiger charge is -2.42. The van der Waals surface area contributed by atoms with Gasteiger partial charge in [0.25, 0.3) is 0 Å². The minimum Gasteiger partial charge on any atom is -0.463 e. The molecule has 170 valence electrons. The van der Waals surface area contributed by atoms with E-state index >= 15 is 0 Å². The topological polar surface area (TPSA) is 188 Å². The summed E-state index contributed by atoms with van der Waals surface area (Å²) >= 11 is 0. The molecule has 0 spiro atoms. The van der Waals surface area contributed by atoms with Crippen molar-refractivity contribution in [2.24, 2.45) is 0 Å². The molecule has 31 heavy (non-hydrogen) atoms. The van der Waals surface area contributed by atoms with Gasteiger partial charge in [0.2, 0.25) is 18.7 Å². The molecule has 0 bridgehead atoms. The average Bonchev–Trinajstić information content (AvgIpc) is 3.12. The second kappa shape index (κ2) is 9.92. The zero-order valence-corrected chi connectivity index (χ0v) is 17.0. The molecule has 5 atom stereocenters. The van der Waals surface area contributed by atoms with E-state index in [9.17, 15) is 29.3 Å². The SMILES string of the molecule is CC(=O)OC[C@H]1O[C@@H](n2ncnc2[N+](=O)[O-])[C@H](OC(C)=O)[C@@H](OC(C)=O)[C@@H]1OC(C)=O. The largest absolute Gasteiger partial charge is 0.463 e. The van der Waals surface area contributed by atoms with E-state index in [4.69, 9.17) is 23.7 Å². The maximum Gasteiger partial charge on any atom is 0.458 e. The van der Waals surface area contributed by atoms with E-state index in [0.717, 1.165) is 34.0 Å². The van der Waals surface area contributed by atoms with Crippen molar-refractivity contribution in [1.82, 2.24) is 14.8 Å². The summed E-state index contributed by atoms with van der Waals surface area (Å²) in [6, 6.07) is 0. The van der Waals surface area contributed by atoms with Gasteiger partial charge in [-0.2, -0.15) is 0 Å². The molecule has 15 heteroatoms. The Bertz CT molecular complexity index is 870. The van der Waals surface area contributed by atoms with Crippen molar-refractivity contribution >= 4 is 29.8 Å². The highest BCUT2D eigenvalue weighted by Crippen LogP contribution is 2.35. The van der Waals surface area contributed by atoms with Crippen LogP contribution in [0.5, 0.6) is 0 Å². The molecular formula is C16H20N4O11. The minimum atomic E-state index is -1.54. The lowest BCUT2D eigenvalue weighted by molar-refractivity contribution is -0.401. The van der Waals surface area contributed by atoms with Crippen LogP contribution in [0.1, 0.15) is 33.9 Å². The molecule has 0 unspecified atom stereocenters. The van der Waals surface area contributed by atoms with Gasteiger partial charge in [0, 0.05) is 27.7 Å². The van der Waals surface area contributed by atoms with Gasteiger partial charge in [-0.15, -0.1) is 4.68 Å². The van der Waals surface area contributed by atoms with E-state index in [1.165, 1.54) is 0 Å². The summed E-state index contributed by atoms with van der Waals surface area (Å²) in [6.45, 7) is 3.82. The molecule has 2 rings (SSSR count). The number of esters is 4. The molecule has 0 aliphatic carbocycles. The van der Waals surface area contributed by atoms with E-state index in [0.29, 0.717) is 4.68 Å². The van der Waals surface area contributed by atoms with Gasteiger partial charge < -0.3 is 33.8 Å². The number of rotatable bonds is 7. The summed E-state index contributed by atoms with van der Waals surface area (Å²) in [4.78, 5) is 60.4. The number of aromatic nitrogens is 3. The number of carbonyl (C=O) groups excluding carboxylic acids is 4. The number of nitro groups is 1. The van der Waals surface area contributed by atoms with Crippen LogP contribution in [0.4, 0.5) is 5.95 Å². The molecule has 1 aliphatic rings. The van der Waals surface area contributed by atoms with Crippen molar-refractivity contribution in [3.8, 4) is 0 Å². The Balaban J connectivity index is 2.58. The number of carbonyl (C=O) groups is 4. The van der Waals surface area contributed by atoms with E-state index in [1.807, 2.05) is 0 Å². The Morgan fingerprint density at radius 1 is 1.00 bits per heavy atom. The molecule has 0 N–H and O–H groups in total. The molecule has 1 saturated heterocycles. The minimum absolute atomic E-state index is 0.475. The summed E-state index contributed by atoms with van der Waals surface area (Å²) in [7, 11) is 0. The highest BCUT2D eigenvalue weighted by molar-refractivity contribution is 5.68.